The molecule has 0 unspecified atom stereocenters. The number of aromatic nitrogens is 1. The second kappa shape index (κ2) is 9.76. The van der Waals surface area contributed by atoms with Crippen LogP contribution in [0.1, 0.15) is 42.2 Å². The smallest absolute Gasteiger partial charge is 0.326 e. The van der Waals surface area contributed by atoms with Crippen LogP contribution in [0.3, 0.4) is 0 Å². The van der Waals surface area contributed by atoms with E-state index >= 15 is 0 Å². The van der Waals surface area contributed by atoms with Gasteiger partial charge in [-0.15, -0.1) is 11.3 Å². The number of ether oxygens (including phenoxy) is 2. The van der Waals surface area contributed by atoms with Crippen molar-refractivity contribution in [3.8, 4) is 11.5 Å². The first-order chi connectivity index (χ1) is 12.5. The van der Waals surface area contributed by atoms with Crippen LogP contribution in [-0.4, -0.2) is 35.1 Å². The van der Waals surface area contributed by atoms with E-state index in [1.165, 1.54) is 24.5 Å². The predicted molar refractivity (Wildman–Crippen MR) is 97.9 cm³/mol. The molecule has 0 saturated heterocycles. The van der Waals surface area contributed by atoms with Gasteiger partial charge in [-0.05, 0) is 24.6 Å². The molecule has 0 aliphatic heterocycles. The lowest BCUT2D eigenvalue weighted by molar-refractivity contribution is -0.139. The Hall–Kier alpha value is -2.61. The molecule has 2 rings (SSSR count). The number of aliphatic carboxylic acids is 1. The van der Waals surface area contributed by atoms with E-state index in [2.05, 4.69) is 10.3 Å². The highest BCUT2D eigenvalue weighted by molar-refractivity contribution is 7.07. The number of nitrogens with one attached hydrogen (secondary N) is 1. The Labute approximate surface area is 156 Å². The summed E-state index contributed by atoms with van der Waals surface area (Å²) in [6, 6.07) is 3.83. The molecule has 1 amide bonds. The maximum atomic E-state index is 12.4. The van der Waals surface area contributed by atoms with Crippen LogP contribution in [0.2, 0.25) is 0 Å². The number of carbonyl (C=O) groups is 2. The van der Waals surface area contributed by atoms with Gasteiger partial charge in [-0.3, -0.25) is 4.79 Å². The second-order valence-corrected chi connectivity index (χ2v) is 6.36. The highest BCUT2D eigenvalue weighted by Gasteiger charge is 2.21. The van der Waals surface area contributed by atoms with Crippen molar-refractivity contribution >= 4 is 23.2 Å². The minimum Gasteiger partial charge on any atom is -0.493 e. The van der Waals surface area contributed by atoms with Crippen LogP contribution in [0.5, 0.6) is 11.5 Å². The first-order valence-electron chi connectivity index (χ1n) is 8.26. The van der Waals surface area contributed by atoms with Gasteiger partial charge in [-0.25, -0.2) is 9.78 Å². The van der Waals surface area contributed by atoms with Gasteiger partial charge in [0.2, 0.25) is 0 Å². The van der Waals surface area contributed by atoms with Crippen LogP contribution < -0.4 is 14.8 Å². The van der Waals surface area contributed by atoms with E-state index in [4.69, 9.17) is 9.47 Å². The topological polar surface area (TPSA) is 97.8 Å². The Balaban J connectivity index is 2.06. The Morgan fingerprint density at radius 1 is 1.35 bits per heavy atom. The number of rotatable bonds is 10. The van der Waals surface area contributed by atoms with Gasteiger partial charge in [-0.2, -0.15) is 0 Å². The predicted octanol–water partition coefficient (Wildman–Crippen LogP) is 3.10. The van der Waals surface area contributed by atoms with Crippen LogP contribution in [0.4, 0.5) is 0 Å². The summed E-state index contributed by atoms with van der Waals surface area (Å²) < 4.78 is 11.0. The molecule has 1 aromatic heterocycles. The third kappa shape index (κ3) is 5.45. The van der Waals surface area contributed by atoms with Gasteiger partial charge in [0.25, 0.3) is 5.91 Å². The number of nitrogens with zero attached hydrogens (tertiary/aromatic N) is 1. The Morgan fingerprint density at radius 3 is 2.77 bits per heavy atom. The van der Waals surface area contributed by atoms with Crippen molar-refractivity contribution < 1.29 is 24.2 Å². The number of hydrogen-bond donors (Lipinski definition) is 2. The van der Waals surface area contributed by atoms with Crippen LogP contribution in [0, 0.1) is 0 Å². The number of unbranched alkanes of at least 4 members (excludes halogenated alkanes) is 1. The number of methoxy groups -OCH3 is 1. The number of carboxylic acid groups (broad SMARTS) is 1. The summed E-state index contributed by atoms with van der Waals surface area (Å²) in [7, 11) is 1.48. The third-order valence-electron chi connectivity index (χ3n) is 3.73. The van der Waals surface area contributed by atoms with Crippen LogP contribution >= 0.6 is 11.3 Å². The molecule has 0 aliphatic rings. The SMILES string of the molecule is CCCC[C@H](NC(=O)c1ccc(OCc2cscn2)c(OC)c1)C(=O)O. The monoisotopic (exact) mass is 378 g/mol. The van der Waals surface area contributed by atoms with E-state index in [0.29, 0.717) is 30.1 Å². The highest BCUT2D eigenvalue weighted by Crippen LogP contribution is 2.29. The van der Waals surface area contributed by atoms with E-state index in [0.717, 1.165) is 18.5 Å². The van der Waals surface area contributed by atoms with Crippen LogP contribution in [0.25, 0.3) is 0 Å². The molecule has 0 fully saturated rings. The molecule has 0 saturated carbocycles. The fourth-order valence-corrected chi connectivity index (χ4v) is 2.84. The van der Waals surface area contributed by atoms with E-state index in [-0.39, 0.29) is 0 Å². The molecule has 2 aromatic rings. The molecular formula is C18H22N2O5S. The van der Waals surface area contributed by atoms with Gasteiger partial charge in [0.15, 0.2) is 11.5 Å². The number of amides is 1. The summed E-state index contributed by atoms with van der Waals surface area (Å²) in [6.07, 6.45) is 1.98. The second-order valence-electron chi connectivity index (χ2n) is 5.64. The molecule has 26 heavy (non-hydrogen) atoms. The zero-order valence-electron chi connectivity index (χ0n) is 14.7. The van der Waals surface area contributed by atoms with Crippen molar-refractivity contribution in [2.45, 2.75) is 38.8 Å². The van der Waals surface area contributed by atoms with Gasteiger partial charge in [0.05, 0.1) is 18.3 Å². The number of benzene rings is 1. The van der Waals surface area contributed by atoms with Gasteiger partial charge < -0.3 is 19.9 Å². The van der Waals surface area contributed by atoms with Crippen molar-refractivity contribution in [3.63, 3.8) is 0 Å². The van der Waals surface area contributed by atoms with Crippen molar-refractivity contribution in [1.29, 1.82) is 0 Å². The van der Waals surface area contributed by atoms with Crippen molar-refractivity contribution in [1.82, 2.24) is 10.3 Å². The van der Waals surface area contributed by atoms with Gasteiger partial charge in [0, 0.05) is 10.9 Å². The Morgan fingerprint density at radius 2 is 2.15 bits per heavy atom. The number of carbonyl (C=O) groups excluding carboxylic acids is 1. The quantitative estimate of drug-likeness (QED) is 0.659. The Bertz CT molecular complexity index is 733. The van der Waals surface area contributed by atoms with E-state index in [1.807, 2.05) is 12.3 Å². The molecule has 7 nitrogen and oxygen atoms in total. The summed E-state index contributed by atoms with van der Waals surface area (Å²) in [5, 5.41) is 13.7. The molecular weight excluding hydrogens is 356 g/mol. The maximum absolute atomic E-state index is 12.4. The van der Waals surface area contributed by atoms with E-state index < -0.39 is 17.9 Å². The minimum absolute atomic E-state index is 0.295. The molecule has 0 radical (unpaired) electrons. The van der Waals surface area contributed by atoms with Crippen molar-refractivity contribution in [2.24, 2.45) is 0 Å². The molecule has 1 aromatic carbocycles. The number of carboxylic acids is 1. The molecule has 0 bridgehead atoms. The Kier molecular flexibility index (Phi) is 7.40. The molecule has 1 atom stereocenters. The lowest BCUT2D eigenvalue weighted by Crippen LogP contribution is -2.40. The zero-order valence-corrected chi connectivity index (χ0v) is 15.5. The van der Waals surface area contributed by atoms with Crippen LogP contribution in [0.15, 0.2) is 29.1 Å². The third-order valence-corrected chi connectivity index (χ3v) is 4.37. The standard InChI is InChI=1S/C18H22N2O5S/c1-3-4-5-14(18(22)23)20-17(21)12-6-7-15(16(8-12)24-2)25-9-13-10-26-11-19-13/h6-8,10-11,14H,3-5,9H2,1-2H3,(H,20,21)(H,22,23)/t14-/m0/s1. The van der Waals surface area contributed by atoms with Crippen molar-refractivity contribution in [2.75, 3.05) is 7.11 Å². The first-order valence-corrected chi connectivity index (χ1v) is 9.21. The largest absolute Gasteiger partial charge is 0.493 e. The lowest BCUT2D eigenvalue weighted by atomic mass is 10.1. The summed E-state index contributed by atoms with van der Waals surface area (Å²) in [4.78, 5) is 27.8. The average Bonchev–Trinajstić information content (AvgIpc) is 3.16. The summed E-state index contributed by atoms with van der Waals surface area (Å²) >= 11 is 1.48. The lowest BCUT2D eigenvalue weighted by Gasteiger charge is -2.15. The molecule has 140 valence electrons. The molecule has 8 heteroatoms. The summed E-state index contributed by atoms with van der Waals surface area (Å²) in [5.41, 5.74) is 2.84. The molecule has 0 spiro atoms. The summed E-state index contributed by atoms with van der Waals surface area (Å²) in [5.74, 6) is -0.619. The van der Waals surface area contributed by atoms with Gasteiger partial charge in [-0.1, -0.05) is 19.8 Å². The first kappa shape index (κ1) is 19.7. The minimum atomic E-state index is -1.04. The number of thiazole rings is 1. The van der Waals surface area contributed by atoms with E-state index in [1.54, 1.807) is 17.6 Å². The zero-order chi connectivity index (χ0) is 18.9. The van der Waals surface area contributed by atoms with Gasteiger partial charge >= 0.3 is 5.97 Å². The fraction of sp³-hybridized carbons (Fsp3) is 0.389. The number of hydrogen-bond acceptors (Lipinski definition) is 6. The average molecular weight is 378 g/mol. The summed E-state index contributed by atoms with van der Waals surface area (Å²) in [6.45, 7) is 2.26. The molecule has 2 N–H and O–H groups in total. The molecule has 1 heterocycles. The van der Waals surface area contributed by atoms with Gasteiger partial charge in [0.1, 0.15) is 12.6 Å². The normalized spacial score (nSPS) is 11.6. The maximum Gasteiger partial charge on any atom is 0.326 e. The fourth-order valence-electron chi connectivity index (χ4n) is 2.30. The highest BCUT2D eigenvalue weighted by atomic mass is 32.1. The van der Waals surface area contributed by atoms with Crippen LogP contribution in [-0.2, 0) is 11.4 Å². The molecule has 0 aliphatic carbocycles. The van der Waals surface area contributed by atoms with E-state index in [9.17, 15) is 14.7 Å². The van der Waals surface area contributed by atoms with Crippen molar-refractivity contribution in [3.05, 3.63) is 40.3 Å².